The number of esters is 1. The molecule has 0 saturated carbocycles. The number of thiophene rings is 1. The van der Waals surface area contributed by atoms with E-state index in [9.17, 15) is 14.4 Å². The zero-order valence-corrected chi connectivity index (χ0v) is 24.5. The number of carbonyl (C=O) groups is 1. The Labute approximate surface area is 217 Å². The van der Waals surface area contributed by atoms with E-state index in [0.717, 1.165) is 16.9 Å². The van der Waals surface area contributed by atoms with Crippen LogP contribution < -0.4 is 11.2 Å². The van der Waals surface area contributed by atoms with Gasteiger partial charge in [-0.05, 0) is 56.5 Å². The molecule has 36 heavy (non-hydrogen) atoms. The molecule has 0 aliphatic rings. The maximum Gasteiger partial charge on any atom is 0.348 e. The van der Waals surface area contributed by atoms with Crippen molar-refractivity contribution < 1.29 is 14.0 Å². The molecule has 0 amide bonds. The zero-order valence-electron chi connectivity index (χ0n) is 22.6. The largest absolute Gasteiger partial charge is 0.462 e. The van der Waals surface area contributed by atoms with Crippen LogP contribution in [-0.2, 0) is 28.7 Å². The lowest BCUT2D eigenvalue weighted by Gasteiger charge is -2.38. The van der Waals surface area contributed by atoms with Crippen LogP contribution in [0.2, 0.25) is 18.1 Å². The molecule has 0 saturated heterocycles. The summed E-state index contributed by atoms with van der Waals surface area (Å²) in [5.74, 6) is -0.473. The number of rotatable bonds is 9. The van der Waals surface area contributed by atoms with Crippen LogP contribution in [0.15, 0.2) is 39.9 Å². The van der Waals surface area contributed by atoms with Crippen molar-refractivity contribution in [2.75, 3.05) is 6.61 Å². The minimum atomic E-state index is -2.10. The Bertz CT molecular complexity index is 1350. The standard InChI is InChI=1S/C27H38N2O5SSi/c1-9-33-25(31)22-19(3)21-23(30)29(17-18(2)34-36(7,8)27(4,5)6)26(32)28(24(21)35-22)16-15-20-13-11-10-12-14-20/h10-14,18H,9,15-17H2,1-8H3. The fourth-order valence-corrected chi connectivity index (χ4v) is 6.65. The van der Waals surface area contributed by atoms with Crippen molar-refractivity contribution in [1.29, 1.82) is 0 Å². The lowest BCUT2D eigenvalue weighted by molar-refractivity contribution is 0.0531. The third kappa shape index (κ3) is 5.73. The van der Waals surface area contributed by atoms with Crippen LogP contribution in [0.3, 0.4) is 0 Å². The number of ether oxygens (including phenoxy) is 1. The van der Waals surface area contributed by atoms with Crippen LogP contribution in [0, 0.1) is 6.92 Å². The van der Waals surface area contributed by atoms with Crippen LogP contribution in [0.4, 0.5) is 0 Å². The smallest absolute Gasteiger partial charge is 0.348 e. The number of benzene rings is 1. The Balaban J connectivity index is 2.12. The molecule has 2 heterocycles. The number of fused-ring (bicyclic) bond motifs is 1. The summed E-state index contributed by atoms with van der Waals surface area (Å²) in [6.45, 7) is 17.0. The molecule has 0 fully saturated rings. The molecule has 0 aliphatic heterocycles. The minimum absolute atomic E-state index is 0.00452. The third-order valence-corrected chi connectivity index (χ3v) is 12.9. The fraction of sp³-hybridized carbons (Fsp3) is 0.519. The van der Waals surface area contributed by atoms with Crippen molar-refractivity contribution in [1.82, 2.24) is 9.13 Å². The van der Waals surface area contributed by atoms with E-state index in [-0.39, 0.29) is 35.5 Å². The maximum absolute atomic E-state index is 13.7. The average molecular weight is 531 g/mol. The topological polar surface area (TPSA) is 79.5 Å². The molecule has 2 aromatic heterocycles. The molecule has 0 bridgehead atoms. The molecule has 1 atom stereocenters. The van der Waals surface area contributed by atoms with Gasteiger partial charge in [0.15, 0.2) is 8.32 Å². The summed E-state index contributed by atoms with van der Waals surface area (Å²) in [6, 6.07) is 9.89. The Morgan fingerprint density at radius 1 is 1.11 bits per heavy atom. The second-order valence-electron chi connectivity index (χ2n) is 10.7. The number of nitrogens with zero attached hydrogens (tertiary/aromatic N) is 2. The van der Waals surface area contributed by atoms with E-state index in [1.165, 1.54) is 4.57 Å². The van der Waals surface area contributed by atoms with Gasteiger partial charge in [-0.1, -0.05) is 51.1 Å². The number of aromatic nitrogens is 2. The SMILES string of the molecule is CCOC(=O)c1sc2c(c1C)c(=O)n(CC(C)O[Si](C)(C)C(C)(C)C)c(=O)n2CCc1ccccc1. The molecule has 0 spiro atoms. The van der Waals surface area contributed by atoms with Gasteiger partial charge in [0.1, 0.15) is 9.71 Å². The first kappa shape index (κ1) is 28.1. The van der Waals surface area contributed by atoms with Crippen LogP contribution in [-0.4, -0.2) is 36.1 Å². The highest BCUT2D eigenvalue weighted by Gasteiger charge is 2.38. The number of hydrogen-bond acceptors (Lipinski definition) is 6. The average Bonchev–Trinajstić information content (AvgIpc) is 3.13. The predicted octanol–water partition coefficient (Wildman–Crippen LogP) is 5.36. The van der Waals surface area contributed by atoms with E-state index in [2.05, 4.69) is 33.9 Å². The molecule has 3 rings (SSSR count). The Hall–Kier alpha value is -2.49. The molecular weight excluding hydrogens is 492 g/mol. The first-order valence-corrected chi connectivity index (χ1v) is 16.2. The van der Waals surface area contributed by atoms with Gasteiger partial charge in [-0.2, -0.15) is 0 Å². The highest BCUT2D eigenvalue weighted by atomic mass is 32.1. The molecular formula is C27H38N2O5SSi. The van der Waals surface area contributed by atoms with Gasteiger partial charge in [-0.25, -0.2) is 9.59 Å². The molecule has 0 N–H and O–H groups in total. The van der Waals surface area contributed by atoms with E-state index in [1.807, 2.05) is 37.3 Å². The van der Waals surface area contributed by atoms with Crippen molar-refractivity contribution in [3.8, 4) is 0 Å². The number of carbonyl (C=O) groups excluding carboxylic acids is 1. The van der Waals surface area contributed by atoms with Gasteiger partial charge in [-0.15, -0.1) is 11.3 Å². The van der Waals surface area contributed by atoms with E-state index in [4.69, 9.17) is 9.16 Å². The number of aryl methyl sites for hydroxylation is 3. The normalized spacial score (nSPS) is 13.2. The molecule has 0 aliphatic carbocycles. The van der Waals surface area contributed by atoms with Crippen LogP contribution in [0.5, 0.6) is 0 Å². The van der Waals surface area contributed by atoms with E-state index < -0.39 is 14.3 Å². The quantitative estimate of drug-likeness (QED) is 0.275. The Morgan fingerprint density at radius 3 is 2.33 bits per heavy atom. The van der Waals surface area contributed by atoms with Crippen molar-refractivity contribution >= 4 is 35.8 Å². The molecule has 9 heteroatoms. The summed E-state index contributed by atoms with van der Waals surface area (Å²) in [4.78, 5) is 40.8. The lowest BCUT2D eigenvalue weighted by Crippen LogP contribution is -2.47. The van der Waals surface area contributed by atoms with Gasteiger partial charge in [0.2, 0.25) is 0 Å². The highest BCUT2D eigenvalue weighted by Crippen LogP contribution is 2.37. The van der Waals surface area contributed by atoms with E-state index in [1.54, 1.807) is 18.4 Å². The molecule has 7 nitrogen and oxygen atoms in total. The van der Waals surface area contributed by atoms with Gasteiger partial charge < -0.3 is 9.16 Å². The summed E-state index contributed by atoms with van der Waals surface area (Å²) < 4.78 is 14.6. The fourth-order valence-electron chi connectivity index (χ4n) is 4.00. The van der Waals surface area contributed by atoms with Crippen LogP contribution in [0.25, 0.3) is 10.2 Å². The number of hydrogen-bond donors (Lipinski definition) is 0. The van der Waals surface area contributed by atoms with Crippen LogP contribution in [0.1, 0.15) is 55.4 Å². The molecule has 1 aromatic carbocycles. The summed E-state index contributed by atoms with van der Waals surface area (Å²) in [5, 5.41) is 0.403. The molecule has 3 aromatic rings. The second-order valence-corrected chi connectivity index (χ2v) is 16.5. The van der Waals surface area contributed by atoms with Crippen molar-refractivity contribution in [2.45, 2.75) is 85.3 Å². The predicted molar refractivity (Wildman–Crippen MR) is 149 cm³/mol. The minimum Gasteiger partial charge on any atom is -0.462 e. The Morgan fingerprint density at radius 2 is 1.75 bits per heavy atom. The van der Waals surface area contributed by atoms with Gasteiger partial charge >= 0.3 is 11.7 Å². The first-order valence-electron chi connectivity index (χ1n) is 12.4. The zero-order chi connectivity index (χ0) is 26.8. The van der Waals surface area contributed by atoms with Crippen molar-refractivity contribution in [2.24, 2.45) is 0 Å². The summed E-state index contributed by atoms with van der Waals surface area (Å²) in [6.07, 6.45) is 0.301. The lowest BCUT2D eigenvalue weighted by atomic mass is 10.1. The van der Waals surface area contributed by atoms with Crippen molar-refractivity contribution in [3.63, 3.8) is 0 Å². The highest BCUT2D eigenvalue weighted by molar-refractivity contribution is 7.20. The maximum atomic E-state index is 13.7. The summed E-state index contributed by atoms with van der Waals surface area (Å²) in [7, 11) is -2.10. The summed E-state index contributed by atoms with van der Waals surface area (Å²) in [5.41, 5.74) is 0.870. The summed E-state index contributed by atoms with van der Waals surface area (Å²) >= 11 is 1.15. The van der Waals surface area contributed by atoms with Gasteiger partial charge in [-0.3, -0.25) is 13.9 Å². The van der Waals surface area contributed by atoms with Crippen molar-refractivity contribution in [3.05, 3.63) is 67.2 Å². The van der Waals surface area contributed by atoms with E-state index in [0.29, 0.717) is 33.6 Å². The van der Waals surface area contributed by atoms with Gasteiger partial charge in [0.25, 0.3) is 5.56 Å². The van der Waals surface area contributed by atoms with Crippen LogP contribution >= 0.6 is 11.3 Å². The van der Waals surface area contributed by atoms with E-state index >= 15 is 0 Å². The second kappa shape index (κ2) is 10.9. The van der Waals surface area contributed by atoms with Gasteiger partial charge in [0.05, 0.1) is 24.6 Å². The molecule has 1 unspecified atom stereocenters. The Kier molecular flexibility index (Phi) is 8.47. The monoisotopic (exact) mass is 530 g/mol. The first-order chi connectivity index (χ1) is 16.8. The molecule has 196 valence electrons. The van der Waals surface area contributed by atoms with Gasteiger partial charge in [0, 0.05) is 6.54 Å². The third-order valence-electron chi connectivity index (χ3n) is 6.96. The molecule has 0 radical (unpaired) electrons.